The third-order valence-corrected chi connectivity index (χ3v) is 6.04. The lowest BCUT2D eigenvalue weighted by molar-refractivity contribution is -0.147. The van der Waals surface area contributed by atoms with Crippen LogP contribution in [0.2, 0.25) is 0 Å². The Balaban J connectivity index is 1.48. The molecular formula is C20H21FN2O5S. The highest BCUT2D eigenvalue weighted by Crippen LogP contribution is 2.29. The van der Waals surface area contributed by atoms with Gasteiger partial charge in [0.1, 0.15) is 17.3 Å². The predicted octanol–water partition coefficient (Wildman–Crippen LogP) is 1.84. The van der Waals surface area contributed by atoms with Gasteiger partial charge in [0.05, 0.1) is 6.04 Å². The van der Waals surface area contributed by atoms with E-state index in [1.54, 1.807) is 0 Å². The van der Waals surface area contributed by atoms with Gasteiger partial charge in [-0.05, 0) is 42.5 Å². The number of carbonyl (C=O) groups is 2. The summed E-state index contributed by atoms with van der Waals surface area (Å²) in [5.74, 6) is -2.35. The third kappa shape index (κ3) is 5.39. The molecule has 0 heterocycles. The summed E-state index contributed by atoms with van der Waals surface area (Å²) in [6.45, 7) is -1.24. The van der Waals surface area contributed by atoms with E-state index in [0.717, 1.165) is 37.0 Å². The number of halogens is 1. The van der Waals surface area contributed by atoms with Gasteiger partial charge in [0.15, 0.2) is 6.61 Å². The standard InChI is InChI=1S/C20H21FN2O5S/c21-16-9-3-4-11-18(16)29(26,27)22-12-20(25)28-13-19(24)23-17-10-5-7-14-6-1-2-8-15(14)17/h1-4,6,8-9,11,17,22H,5,7,10,12-13H2,(H,23,24)/t17-/m0/s1. The van der Waals surface area contributed by atoms with Crippen LogP contribution in [0.5, 0.6) is 0 Å². The number of esters is 1. The normalized spacial score (nSPS) is 16.0. The number of amides is 1. The molecule has 0 aromatic heterocycles. The zero-order valence-electron chi connectivity index (χ0n) is 15.6. The fourth-order valence-corrected chi connectivity index (χ4v) is 4.28. The zero-order valence-corrected chi connectivity index (χ0v) is 16.4. The highest BCUT2D eigenvalue weighted by atomic mass is 32.2. The first kappa shape index (κ1) is 20.9. The first-order valence-electron chi connectivity index (χ1n) is 9.14. The number of rotatable bonds is 7. The van der Waals surface area contributed by atoms with Crippen molar-refractivity contribution in [3.05, 3.63) is 65.5 Å². The monoisotopic (exact) mass is 420 g/mol. The van der Waals surface area contributed by atoms with E-state index in [4.69, 9.17) is 4.74 Å². The van der Waals surface area contributed by atoms with E-state index in [0.29, 0.717) is 0 Å². The van der Waals surface area contributed by atoms with E-state index < -0.39 is 45.8 Å². The molecule has 29 heavy (non-hydrogen) atoms. The summed E-state index contributed by atoms with van der Waals surface area (Å²) >= 11 is 0. The molecule has 3 rings (SSSR count). The Morgan fingerprint density at radius 1 is 1.10 bits per heavy atom. The molecule has 1 amide bonds. The van der Waals surface area contributed by atoms with E-state index in [1.165, 1.54) is 17.7 Å². The van der Waals surface area contributed by atoms with Crippen LogP contribution in [0.15, 0.2) is 53.4 Å². The molecule has 0 radical (unpaired) electrons. The van der Waals surface area contributed by atoms with E-state index >= 15 is 0 Å². The molecule has 0 saturated carbocycles. The minimum atomic E-state index is -4.21. The first-order chi connectivity index (χ1) is 13.9. The van der Waals surface area contributed by atoms with Gasteiger partial charge in [-0.15, -0.1) is 0 Å². The lowest BCUT2D eigenvalue weighted by Gasteiger charge is -2.26. The van der Waals surface area contributed by atoms with Crippen LogP contribution in [-0.4, -0.2) is 33.4 Å². The van der Waals surface area contributed by atoms with Crippen LogP contribution < -0.4 is 10.0 Å². The number of aryl methyl sites for hydroxylation is 1. The molecule has 1 atom stereocenters. The Kier molecular flexibility index (Phi) is 6.60. The number of hydrogen-bond donors (Lipinski definition) is 2. The van der Waals surface area contributed by atoms with Crippen LogP contribution in [0.4, 0.5) is 4.39 Å². The fourth-order valence-electron chi connectivity index (χ4n) is 3.23. The number of ether oxygens (including phenoxy) is 1. The predicted molar refractivity (Wildman–Crippen MR) is 103 cm³/mol. The van der Waals surface area contributed by atoms with Crippen molar-refractivity contribution in [3.8, 4) is 0 Å². The van der Waals surface area contributed by atoms with Crippen molar-refractivity contribution in [2.45, 2.75) is 30.2 Å². The fraction of sp³-hybridized carbons (Fsp3) is 0.300. The lowest BCUT2D eigenvalue weighted by Crippen LogP contribution is -2.36. The molecule has 0 spiro atoms. The summed E-state index contributed by atoms with van der Waals surface area (Å²) in [7, 11) is -4.21. The van der Waals surface area contributed by atoms with Gasteiger partial charge in [-0.3, -0.25) is 9.59 Å². The molecule has 0 bridgehead atoms. The van der Waals surface area contributed by atoms with Gasteiger partial charge in [-0.1, -0.05) is 36.4 Å². The molecule has 0 aliphatic heterocycles. The molecule has 2 aromatic carbocycles. The van der Waals surface area contributed by atoms with Crippen LogP contribution in [0.25, 0.3) is 0 Å². The zero-order chi connectivity index (χ0) is 20.9. The molecule has 1 aliphatic carbocycles. The van der Waals surface area contributed by atoms with E-state index in [2.05, 4.69) is 5.32 Å². The quantitative estimate of drug-likeness (QED) is 0.666. The summed E-state index contributed by atoms with van der Waals surface area (Å²) in [6.07, 6.45) is 2.69. The summed E-state index contributed by atoms with van der Waals surface area (Å²) in [5, 5.41) is 2.83. The van der Waals surface area contributed by atoms with Gasteiger partial charge < -0.3 is 10.1 Å². The van der Waals surface area contributed by atoms with Gasteiger partial charge in [0.25, 0.3) is 5.91 Å². The second kappa shape index (κ2) is 9.15. The maximum absolute atomic E-state index is 13.6. The number of nitrogens with one attached hydrogen (secondary N) is 2. The van der Waals surface area contributed by atoms with Gasteiger partial charge in [-0.2, -0.15) is 4.72 Å². The van der Waals surface area contributed by atoms with E-state index in [-0.39, 0.29) is 6.04 Å². The average molecular weight is 420 g/mol. The van der Waals surface area contributed by atoms with Gasteiger partial charge >= 0.3 is 5.97 Å². The van der Waals surface area contributed by atoms with Crippen LogP contribution in [0.3, 0.4) is 0 Å². The van der Waals surface area contributed by atoms with Gasteiger partial charge in [0.2, 0.25) is 10.0 Å². The number of fused-ring (bicyclic) bond motifs is 1. The maximum Gasteiger partial charge on any atom is 0.321 e. The number of sulfonamides is 1. The second-order valence-corrected chi connectivity index (χ2v) is 8.36. The number of hydrogen-bond acceptors (Lipinski definition) is 5. The lowest BCUT2D eigenvalue weighted by atomic mass is 9.88. The molecule has 154 valence electrons. The molecule has 2 N–H and O–H groups in total. The van der Waals surface area contributed by atoms with Crippen LogP contribution in [-0.2, 0) is 30.8 Å². The van der Waals surface area contributed by atoms with Crippen molar-refractivity contribution in [1.29, 1.82) is 0 Å². The first-order valence-corrected chi connectivity index (χ1v) is 10.6. The molecular weight excluding hydrogens is 399 g/mol. The van der Waals surface area contributed by atoms with Crippen molar-refractivity contribution in [2.24, 2.45) is 0 Å². The van der Waals surface area contributed by atoms with Crippen molar-refractivity contribution in [3.63, 3.8) is 0 Å². The summed E-state index contributed by atoms with van der Waals surface area (Å²) in [5.41, 5.74) is 2.24. The average Bonchev–Trinajstić information content (AvgIpc) is 2.71. The van der Waals surface area contributed by atoms with Crippen molar-refractivity contribution in [2.75, 3.05) is 13.2 Å². The van der Waals surface area contributed by atoms with Crippen LogP contribution in [0.1, 0.15) is 30.0 Å². The highest BCUT2D eigenvalue weighted by Gasteiger charge is 2.23. The molecule has 0 fully saturated rings. The molecule has 0 saturated heterocycles. The second-order valence-electron chi connectivity index (χ2n) is 6.63. The molecule has 1 aliphatic rings. The van der Waals surface area contributed by atoms with Crippen molar-refractivity contribution >= 4 is 21.9 Å². The van der Waals surface area contributed by atoms with E-state index in [9.17, 15) is 22.4 Å². The Bertz CT molecular complexity index is 1010. The SMILES string of the molecule is O=C(COC(=O)CNS(=O)(=O)c1ccccc1F)N[C@H]1CCCc2ccccc21. The number of carbonyl (C=O) groups excluding carboxylic acids is 2. The number of benzene rings is 2. The van der Waals surface area contributed by atoms with Crippen molar-refractivity contribution < 1.29 is 27.1 Å². The molecule has 9 heteroatoms. The molecule has 7 nitrogen and oxygen atoms in total. The molecule has 2 aromatic rings. The Hall–Kier alpha value is -2.78. The highest BCUT2D eigenvalue weighted by molar-refractivity contribution is 7.89. The van der Waals surface area contributed by atoms with Crippen LogP contribution in [0, 0.1) is 5.82 Å². The Labute approximate surface area is 168 Å². The summed E-state index contributed by atoms with van der Waals surface area (Å²) < 4.78 is 44.5. The summed E-state index contributed by atoms with van der Waals surface area (Å²) in [4.78, 5) is 23.3. The molecule has 0 unspecified atom stereocenters. The summed E-state index contributed by atoms with van der Waals surface area (Å²) in [6, 6.07) is 12.5. The van der Waals surface area contributed by atoms with Crippen LogP contribution >= 0.6 is 0 Å². The van der Waals surface area contributed by atoms with Crippen molar-refractivity contribution in [1.82, 2.24) is 10.0 Å². The van der Waals surface area contributed by atoms with E-state index in [1.807, 2.05) is 29.0 Å². The largest absolute Gasteiger partial charge is 0.455 e. The minimum absolute atomic E-state index is 0.147. The minimum Gasteiger partial charge on any atom is -0.455 e. The topological polar surface area (TPSA) is 102 Å². The van der Waals surface area contributed by atoms with Gasteiger partial charge in [-0.25, -0.2) is 12.8 Å². The maximum atomic E-state index is 13.6. The smallest absolute Gasteiger partial charge is 0.321 e. The third-order valence-electron chi connectivity index (χ3n) is 4.60. The Morgan fingerprint density at radius 3 is 2.62 bits per heavy atom. The van der Waals surface area contributed by atoms with Gasteiger partial charge in [0, 0.05) is 0 Å². The Morgan fingerprint density at radius 2 is 1.83 bits per heavy atom.